The molecule has 1 fully saturated rings. The zero-order chi connectivity index (χ0) is 16.4. The molecule has 0 bridgehead atoms. The summed E-state index contributed by atoms with van der Waals surface area (Å²) in [5.74, 6) is 0.705. The van der Waals surface area contributed by atoms with Gasteiger partial charge >= 0.3 is 0 Å². The summed E-state index contributed by atoms with van der Waals surface area (Å²) in [5.41, 5.74) is 3.22. The molecule has 1 aliphatic heterocycles. The van der Waals surface area contributed by atoms with Crippen LogP contribution >= 0.6 is 0 Å². The van der Waals surface area contributed by atoms with Crippen molar-refractivity contribution in [3.63, 3.8) is 0 Å². The molecule has 124 valence electrons. The lowest BCUT2D eigenvalue weighted by molar-refractivity contribution is 0.0935. The molecule has 1 saturated heterocycles. The Hall–Kier alpha value is -2.40. The Balaban J connectivity index is 1.55. The number of amides is 1. The van der Waals surface area contributed by atoms with Gasteiger partial charge in [0.25, 0.3) is 5.91 Å². The number of nitrogens with zero attached hydrogens (tertiary/aromatic N) is 2. The second-order valence-electron chi connectivity index (χ2n) is 6.24. The molecule has 1 N–H and O–H groups in total. The van der Waals surface area contributed by atoms with Crippen LogP contribution in [0.3, 0.4) is 0 Å². The molecular weight excluding hydrogens is 302 g/mol. The van der Waals surface area contributed by atoms with Crippen LogP contribution in [0.25, 0.3) is 0 Å². The molecule has 1 atom stereocenters. The average Bonchev–Trinajstić information content (AvgIpc) is 3.05. The van der Waals surface area contributed by atoms with Crippen molar-refractivity contribution in [2.45, 2.75) is 18.9 Å². The maximum Gasteiger partial charge on any atom is 0.255 e. The molecule has 24 heavy (non-hydrogen) atoms. The third-order valence-electron chi connectivity index (χ3n) is 4.78. The number of ether oxygens (including phenoxy) is 1. The maximum atomic E-state index is 12.9. The molecule has 0 spiro atoms. The van der Waals surface area contributed by atoms with Crippen LogP contribution in [0.15, 0.2) is 42.6 Å². The summed E-state index contributed by atoms with van der Waals surface area (Å²) in [6.45, 7) is 2.88. The zero-order valence-electron chi connectivity index (χ0n) is 13.6. The maximum absolute atomic E-state index is 12.9. The quantitative estimate of drug-likeness (QED) is 0.942. The van der Waals surface area contributed by atoms with Crippen LogP contribution in [0, 0.1) is 0 Å². The second kappa shape index (κ2) is 6.61. The van der Waals surface area contributed by atoms with Crippen molar-refractivity contribution in [2.75, 3.05) is 31.2 Å². The van der Waals surface area contributed by atoms with Crippen LogP contribution in [0.4, 0.5) is 5.82 Å². The fourth-order valence-corrected chi connectivity index (χ4v) is 3.54. The average molecular weight is 323 g/mol. The van der Waals surface area contributed by atoms with Gasteiger partial charge in [0.05, 0.1) is 24.8 Å². The van der Waals surface area contributed by atoms with E-state index in [1.165, 1.54) is 11.1 Å². The number of carbonyl (C=O) groups excluding carboxylic acids is 1. The van der Waals surface area contributed by atoms with E-state index in [0.29, 0.717) is 18.8 Å². The number of hydrogen-bond acceptors (Lipinski definition) is 4. The van der Waals surface area contributed by atoms with Crippen molar-refractivity contribution >= 4 is 11.7 Å². The molecule has 1 amide bonds. The van der Waals surface area contributed by atoms with Crippen LogP contribution < -0.4 is 10.2 Å². The van der Waals surface area contributed by atoms with Gasteiger partial charge in [-0.15, -0.1) is 0 Å². The Labute approximate surface area is 141 Å². The van der Waals surface area contributed by atoms with E-state index in [4.69, 9.17) is 4.74 Å². The first kappa shape index (κ1) is 15.1. The molecule has 1 aromatic carbocycles. The number of aromatic nitrogens is 1. The Bertz CT molecular complexity index is 741. The lowest BCUT2D eigenvalue weighted by atomic mass is 10.1. The van der Waals surface area contributed by atoms with Crippen molar-refractivity contribution in [1.29, 1.82) is 0 Å². The Morgan fingerprint density at radius 1 is 1.17 bits per heavy atom. The minimum atomic E-state index is -0.0497. The first-order chi connectivity index (χ1) is 11.8. The molecule has 1 aromatic heterocycles. The summed E-state index contributed by atoms with van der Waals surface area (Å²) in [5, 5.41) is 3.19. The molecule has 1 aliphatic carbocycles. The first-order valence-corrected chi connectivity index (χ1v) is 8.49. The number of hydrogen-bond donors (Lipinski definition) is 1. The van der Waals surface area contributed by atoms with E-state index >= 15 is 0 Å². The SMILES string of the molecule is O=C(NC1CCc2ccccc21)c1cccnc1N1CCOCC1. The Morgan fingerprint density at radius 3 is 2.88 bits per heavy atom. The zero-order valence-corrected chi connectivity index (χ0v) is 13.6. The van der Waals surface area contributed by atoms with Crippen molar-refractivity contribution in [1.82, 2.24) is 10.3 Å². The fourth-order valence-electron chi connectivity index (χ4n) is 3.54. The minimum Gasteiger partial charge on any atom is -0.378 e. The normalized spacial score (nSPS) is 19.8. The topological polar surface area (TPSA) is 54.5 Å². The van der Waals surface area contributed by atoms with Gasteiger partial charge in [-0.3, -0.25) is 4.79 Å². The number of pyridine rings is 1. The summed E-state index contributed by atoms with van der Waals surface area (Å²) < 4.78 is 5.40. The lowest BCUT2D eigenvalue weighted by Crippen LogP contribution is -2.38. The minimum absolute atomic E-state index is 0.0497. The molecule has 1 unspecified atom stereocenters. The van der Waals surface area contributed by atoms with E-state index < -0.39 is 0 Å². The van der Waals surface area contributed by atoms with Gasteiger partial charge in [0.2, 0.25) is 0 Å². The molecule has 5 heteroatoms. The molecule has 2 aromatic rings. The molecule has 5 nitrogen and oxygen atoms in total. The van der Waals surface area contributed by atoms with E-state index in [0.717, 1.165) is 31.7 Å². The van der Waals surface area contributed by atoms with Crippen molar-refractivity contribution < 1.29 is 9.53 Å². The van der Waals surface area contributed by atoms with Gasteiger partial charge in [-0.25, -0.2) is 4.98 Å². The van der Waals surface area contributed by atoms with Crippen LogP contribution in [0.5, 0.6) is 0 Å². The molecule has 4 rings (SSSR count). The first-order valence-electron chi connectivity index (χ1n) is 8.49. The second-order valence-corrected chi connectivity index (χ2v) is 6.24. The predicted molar refractivity (Wildman–Crippen MR) is 92.2 cm³/mol. The number of nitrogens with one attached hydrogen (secondary N) is 1. The number of fused-ring (bicyclic) bond motifs is 1. The highest BCUT2D eigenvalue weighted by Crippen LogP contribution is 2.31. The molecule has 2 aliphatic rings. The smallest absolute Gasteiger partial charge is 0.255 e. The third-order valence-corrected chi connectivity index (χ3v) is 4.78. The van der Waals surface area contributed by atoms with Crippen LogP contribution in [-0.4, -0.2) is 37.2 Å². The van der Waals surface area contributed by atoms with Gasteiger partial charge in [0.15, 0.2) is 0 Å². The number of rotatable bonds is 3. The van der Waals surface area contributed by atoms with E-state index in [1.807, 2.05) is 18.2 Å². The van der Waals surface area contributed by atoms with Gasteiger partial charge in [0, 0.05) is 19.3 Å². The van der Waals surface area contributed by atoms with Gasteiger partial charge < -0.3 is 15.0 Å². The molecular formula is C19H21N3O2. The summed E-state index contributed by atoms with van der Waals surface area (Å²) in [6.07, 6.45) is 3.72. The lowest BCUT2D eigenvalue weighted by Gasteiger charge is -2.29. The molecule has 0 saturated carbocycles. The van der Waals surface area contributed by atoms with Gasteiger partial charge in [0.1, 0.15) is 5.82 Å². The van der Waals surface area contributed by atoms with Crippen molar-refractivity contribution in [3.05, 3.63) is 59.3 Å². The van der Waals surface area contributed by atoms with E-state index in [2.05, 4.69) is 33.4 Å². The third kappa shape index (κ3) is 2.87. The van der Waals surface area contributed by atoms with Crippen LogP contribution in [-0.2, 0) is 11.2 Å². The highest BCUT2D eigenvalue weighted by atomic mass is 16.5. The fraction of sp³-hybridized carbons (Fsp3) is 0.368. The van der Waals surface area contributed by atoms with Gasteiger partial charge in [-0.2, -0.15) is 0 Å². The van der Waals surface area contributed by atoms with E-state index in [9.17, 15) is 4.79 Å². The Kier molecular flexibility index (Phi) is 4.17. The summed E-state index contributed by atoms with van der Waals surface area (Å²) >= 11 is 0. The number of morpholine rings is 1. The molecule has 0 radical (unpaired) electrons. The van der Waals surface area contributed by atoms with Gasteiger partial charge in [-0.05, 0) is 36.1 Å². The monoisotopic (exact) mass is 323 g/mol. The summed E-state index contributed by atoms with van der Waals surface area (Å²) in [7, 11) is 0. The number of carbonyl (C=O) groups is 1. The largest absolute Gasteiger partial charge is 0.378 e. The standard InChI is InChI=1S/C19H21N3O2/c23-19(21-17-8-7-14-4-1-2-5-15(14)17)16-6-3-9-20-18(16)22-10-12-24-13-11-22/h1-6,9,17H,7-8,10-13H2,(H,21,23). The van der Waals surface area contributed by atoms with Crippen LogP contribution in [0.2, 0.25) is 0 Å². The number of anilines is 1. The Morgan fingerprint density at radius 2 is 2.00 bits per heavy atom. The van der Waals surface area contributed by atoms with E-state index in [-0.39, 0.29) is 11.9 Å². The highest BCUT2D eigenvalue weighted by Gasteiger charge is 2.26. The van der Waals surface area contributed by atoms with Crippen molar-refractivity contribution in [3.8, 4) is 0 Å². The van der Waals surface area contributed by atoms with Crippen LogP contribution in [0.1, 0.15) is 33.9 Å². The number of aryl methyl sites for hydroxylation is 1. The number of benzene rings is 1. The molecule has 2 heterocycles. The highest BCUT2D eigenvalue weighted by molar-refractivity contribution is 5.99. The summed E-state index contributed by atoms with van der Waals surface area (Å²) in [4.78, 5) is 19.4. The van der Waals surface area contributed by atoms with Crippen molar-refractivity contribution in [2.24, 2.45) is 0 Å². The van der Waals surface area contributed by atoms with Gasteiger partial charge in [-0.1, -0.05) is 24.3 Å². The predicted octanol–water partition coefficient (Wildman–Crippen LogP) is 2.34. The van der Waals surface area contributed by atoms with E-state index in [1.54, 1.807) is 6.20 Å². The summed E-state index contributed by atoms with van der Waals surface area (Å²) in [6, 6.07) is 12.1.